The normalized spacial score (nSPS) is 11.2. The van der Waals surface area contributed by atoms with Crippen molar-refractivity contribution in [3.8, 4) is 0 Å². The highest BCUT2D eigenvalue weighted by Gasteiger charge is 2.16. The second-order valence-electron chi connectivity index (χ2n) is 8.62. The maximum Gasteiger partial charge on any atom is 0.332 e. The summed E-state index contributed by atoms with van der Waals surface area (Å²) in [5, 5.41) is 3.02. The summed E-state index contributed by atoms with van der Waals surface area (Å²) in [6, 6.07) is 7.99. The first-order valence-electron chi connectivity index (χ1n) is 11.7. The van der Waals surface area contributed by atoms with E-state index in [-0.39, 0.29) is 28.9 Å². The number of carbonyl (C=O) groups is 1. The Hall–Kier alpha value is -3.07. The Morgan fingerprint density at radius 1 is 1.12 bits per heavy atom. The van der Waals surface area contributed by atoms with Gasteiger partial charge < -0.3 is 15.2 Å². The summed E-state index contributed by atoms with van der Waals surface area (Å²) in [5.41, 5.74) is 1.82. The minimum atomic E-state index is -0.434. The van der Waals surface area contributed by atoms with E-state index in [0.717, 1.165) is 30.5 Å². The lowest BCUT2D eigenvalue weighted by molar-refractivity contribution is -0.121. The summed E-state index contributed by atoms with van der Waals surface area (Å²) < 4.78 is 2.73. The fourth-order valence-electron chi connectivity index (χ4n) is 3.85. The number of hydrogen-bond acceptors (Lipinski definition) is 5. The minimum absolute atomic E-state index is 0.0598. The van der Waals surface area contributed by atoms with E-state index in [9.17, 15) is 14.4 Å². The quantitative estimate of drug-likeness (QED) is 0.300. The molecule has 2 aromatic heterocycles. The van der Waals surface area contributed by atoms with E-state index < -0.39 is 5.56 Å². The van der Waals surface area contributed by atoms with Gasteiger partial charge in [0.1, 0.15) is 0 Å². The molecule has 9 nitrogen and oxygen atoms in total. The lowest BCUT2D eigenvalue weighted by Gasteiger charge is -2.14. The molecule has 184 valence electrons. The number of amides is 1. The first kappa shape index (κ1) is 25.6. The lowest BCUT2D eigenvalue weighted by atomic mass is 10.2. The molecule has 0 saturated carbocycles. The molecular formula is C24H33ClN6O3. The molecule has 0 aliphatic rings. The van der Waals surface area contributed by atoms with E-state index in [4.69, 9.17) is 11.6 Å². The van der Waals surface area contributed by atoms with Crippen LogP contribution < -0.4 is 21.5 Å². The molecule has 0 saturated heterocycles. The Balaban J connectivity index is 1.59. The predicted molar refractivity (Wildman–Crippen MR) is 136 cm³/mol. The van der Waals surface area contributed by atoms with Gasteiger partial charge in [0, 0.05) is 45.8 Å². The third-order valence-electron chi connectivity index (χ3n) is 5.77. The van der Waals surface area contributed by atoms with Crippen molar-refractivity contribution >= 4 is 34.4 Å². The molecule has 2 N–H and O–H groups in total. The molecular weight excluding hydrogens is 456 g/mol. The number of halogens is 1. The highest BCUT2D eigenvalue weighted by molar-refractivity contribution is 6.28. The zero-order valence-corrected chi connectivity index (χ0v) is 20.8. The van der Waals surface area contributed by atoms with Crippen LogP contribution in [0.25, 0.3) is 11.2 Å². The van der Waals surface area contributed by atoms with E-state index in [1.54, 1.807) is 0 Å². The Morgan fingerprint density at radius 2 is 1.85 bits per heavy atom. The van der Waals surface area contributed by atoms with Crippen LogP contribution in [0.4, 0.5) is 5.69 Å². The van der Waals surface area contributed by atoms with Crippen LogP contribution in [-0.2, 0) is 24.4 Å². The molecule has 0 unspecified atom stereocenters. The number of H-pyrrole nitrogens is 1. The number of imidazole rings is 1. The van der Waals surface area contributed by atoms with Crippen LogP contribution in [0.5, 0.6) is 0 Å². The molecule has 10 heteroatoms. The summed E-state index contributed by atoms with van der Waals surface area (Å²) in [6.07, 6.45) is 4.21. The third kappa shape index (κ3) is 6.28. The lowest BCUT2D eigenvalue weighted by Crippen LogP contribution is -2.40. The molecule has 0 aliphatic carbocycles. The zero-order valence-electron chi connectivity index (χ0n) is 20.1. The third-order valence-corrected chi connectivity index (χ3v) is 5.95. The van der Waals surface area contributed by atoms with Gasteiger partial charge in [-0.25, -0.2) is 4.79 Å². The molecule has 0 bridgehead atoms. The average molecular weight is 489 g/mol. The Kier molecular flexibility index (Phi) is 8.92. The number of rotatable bonds is 12. The SMILES string of the molecule is CCCCCn1c(=O)n(CCCCC(=O)NCc2cccc(N(C)C)c2)c(=O)c2[nH]c(Cl)nc21. The van der Waals surface area contributed by atoms with Gasteiger partial charge in [-0.15, -0.1) is 0 Å². The van der Waals surface area contributed by atoms with Gasteiger partial charge in [0.2, 0.25) is 11.2 Å². The smallest absolute Gasteiger partial charge is 0.332 e. The molecule has 0 fully saturated rings. The largest absolute Gasteiger partial charge is 0.378 e. The van der Waals surface area contributed by atoms with E-state index in [0.29, 0.717) is 38.0 Å². The van der Waals surface area contributed by atoms with Crippen LogP contribution >= 0.6 is 11.6 Å². The van der Waals surface area contributed by atoms with E-state index >= 15 is 0 Å². The highest BCUT2D eigenvalue weighted by atomic mass is 35.5. The second kappa shape index (κ2) is 11.9. The minimum Gasteiger partial charge on any atom is -0.378 e. The molecule has 0 spiro atoms. The highest BCUT2D eigenvalue weighted by Crippen LogP contribution is 2.13. The number of carbonyl (C=O) groups excluding carboxylic acids is 1. The van der Waals surface area contributed by atoms with Gasteiger partial charge in [0.05, 0.1) is 0 Å². The van der Waals surface area contributed by atoms with Gasteiger partial charge in [-0.05, 0) is 48.6 Å². The van der Waals surface area contributed by atoms with Gasteiger partial charge in [0.15, 0.2) is 11.2 Å². The van der Waals surface area contributed by atoms with E-state index in [1.165, 1.54) is 9.13 Å². The van der Waals surface area contributed by atoms with E-state index in [2.05, 4.69) is 22.2 Å². The Labute approximate surface area is 203 Å². The van der Waals surface area contributed by atoms with Crippen molar-refractivity contribution in [2.24, 2.45) is 0 Å². The molecule has 0 aliphatic heterocycles. The van der Waals surface area contributed by atoms with Crippen LogP contribution in [0.3, 0.4) is 0 Å². The number of nitrogens with one attached hydrogen (secondary N) is 2. The zero-order chi connectivity index (χ0) is 24.7. The first-order valence-corrected chi connectivity index (χ1v) is 12.1. The predicted octanol–water partition coefficient (Wildman–Crippen LogP) is 3.28. The number of benzene rings is 1. The van der Waals surface area contributed by atoms with Crippen LogP contribution in [0, 0.1) is 0 Å². The van der Waals surface area contributed by atoms with Gasteiger partial charge in [-0.2, -0.15) is 4.98 Å². The van der Waals surface area contributed by atoms with Gasteiger partial charge in [0.25, 0.3) is 5.56 Å². The first-order chi connectivity index (χ1) is 16.3. The van der Waals surface area contributed by atoms with Crippen LogP contribution in [0.15, 0.2) is 33.9 Å². The van der Waals surface area contributed by atoms with Crippen molar-refractivity contribution in [1.82, 2.24) is 24.4 Å². The summed E-state index contributed by atoms with van der Waals surface area (Å²) >= 11 is 5.98. The maximum absolute atomic E-state index is 13.0. The number of unbranched alkanes of at least 4 members (excludes halogenated alkanes) is 3. The molecule has 0 radical (unpaired) electrons. The van der Waals surface area contributed by atoms with Crippen molar-refractivity contribution in [2.45, 2.75) is 65.1 Å². The van der Waals surface area contributed by atoms with Crippen LogP contribution in [-0.4, -0.2) is 39.1 Å². The fourth-order valence-corrected chi connectivity index (χ4v) is 4.02. The monoisotopic (exact) mass is 488 g/mol. The van der Waals surface area contributed by atoms with Crippen LogP contribution in [0.1, 0.15) is 51.0 Å². The van der Waals surface area contributed by atoms with Crippen molar-refractivity contribution in [1.29, 1.82) is 0 Å². The molecule has 0 atom stereocenters. The number of aromatic nitrogens is 4. The molecule has 1 amide bonds. The summed E-state index contributed by atoms with van der Waals surface area (Å²) in [6.45, 7) is 3.25. The van der Waals surface area contributed by atoms with Crippen LogP contribution in [0.2, 0.25) is 5.28 Å². The number of aryl methyl sites for hydroxylation is 1. The molecule has 3 rings (SSSR count). The summed E-state index contributed by atoms with van der Waals surface area (Å²) in [4.78, 5) is 47.1. The Bertz CT molecular complexity index is 1240. The maximum atomic E-state index is 13.0. The van der Waals surface area contributed by atoms with Gasteiger partial charge in [-0.1, -0.05) is 31.9 Å². The Morgan fingerprint density at radius 3 is 2.59 bits per heavy atom. The second-order valence-corrected chi connectivity index (χ2v) is 8.98. The van der Waals surface area contributed by atoms with E-state index in [1.807, 2.05) is 43.3 Å². The molecule has 2 heterocycles. The standard InChI is InChI=1S/C24H33ClN6O3/c1-4-5-7-13-30-21-20(27-23(25)28-21)22(33)31(24(30)34)14-8-6-12-19(32)26-16-17-10-9-11-18(15-17)29(2)3/h9-11,15H,4-8,12-14,16H2,1-3H3,(H,26,32)(H,27,28). The topological polar surface area (TPSA) is 105 Å². The van der Waals surface area contributed by atoms with Gasteiger partial charge >= 0.3 is 5.69 Å². The number of nitrogens with zero attached hydrogens (tertiary/aromatic N) is 4. The van der Waals surface area contributed by atoms with Crippen molar-refractivity contribution in [2.75, 3.05) is 19.0 Å². The fraction of sp³-hybridized carbons (Fsp3) is 0.500. The summed E-state index contributed by atoms with van der Waals surface area (Å²) in [5.74, 6) is -0.0598. The van der Waals surface area contributed by atoms with Crippen molar-refractivity contribution < 1.29 is 4.79 Å². The molecule has 1 aromatic carbocycles. The number of fused-ring (bicyclic) bond motifs is 1. The molecule has 34 heavy (non-hydrogen) atoms. The average Bonchev–Trinajstić information content (AvgIpc) is 3.21. The molecule has 3 aromatic rings. The number of hydrogen-bond donors (Lipinski definition) is 2. The van der Waals surface area contributed by atoms with Gasteiger partial charge in [-0.3, -0.25) is 18.7 Å². The van der Waals surface area contributed by atoms with Crippen molar-refractivity contribution in [3.05, 3.63) is 56.0 Å². The summed E-state index contributed by atoms with van der Waals surface area (Å²) in [7, 11) is 3.95. The van der Waals surface area contributed by atoms with Crippen molar-refractivity contribution in [3.63, 3.8) is 0 Å². The number of anilines is 1. The number of aromatic amines is 1.